The van der Waals surface area contributed by atoms with E-state index in [0.717, 1.165) is 36.6 Å². The number of imidazole rings is 1. The fraction of sp³-hybridized carbons (Fsp3) is 0.381. The Labute approximate surface area is 175 Å². The highest BCUT2D eigenvalue weighted by atomic mass is 19.3. The molecular formula is C21H21F3N6O. The lowest BCUT2D eigenvalue weighted by Gasteiger charge is -2.29. The smallest absolute Gasteiger partial charge is 0.261 e. The van der Waals surface area contributed by atoms with E-state index in [2.05, 4.69) is 25.3 Å². The van der Waals surface area contributed by atoms with E-state index in [4.69, 9.17) is 4.74 Å². The van der Waals surface area contributed by atoms with Crippen LogP contribution in [0.4, 0.5) is 19.1 Å². The van der Waals surface area contributed by atoms with E-state index in [0.29, 0.717) is 17.2 Å². The largest absolute Gasteiger partial charge is 0.372 e. The Morgan fingerprint density at radius 3 is 2.87 bits per heavy atom. The number of hydrogen-bond donors (Lipinski definition) is 2. The highest BCUT2D eigenvalue weighted by molar-refractivity contribution is 5.93. The van der Waals surface area contributed by atoms with Gasteiger partial charge in [0.15, 0.2) is 11.5 Å². The summed E-state index contributed by atoms with van der Waals surface area (Å²) in [5.41, 5.74) is 2.42. The van der Waals surface area contributed by atoms with E-state index in [1.807, 2.05) is 6.20 Å². The predicted molar refractivity (Wildman–Crippen MR) is 110 cm³/mol. The number of anilines is 1. The minimum absolute atomic E-state index is 0.116. The van der Waals surface area contributed by atoms with Gasteiger partial charge in [-0.1, -0.05) is 0 Å². The minimum atomic E-state index is -2.43. The average molecular weight is 430 g/mol. The highest BCUT2D eigenvalue weighted by Crippen LogP contribution is 2.30. The Morgan fingerprint density at radius 1 is 1.23 bits per heavy atom. The average Bonchev–Trinajstić information content (AvgIpc) is 3.40. The summed E-state index contributed by atoms with van der Waals surface area (Å²) in [6, 6.07) is 1.61. The lowest BCUT2D eigenvalue weighted by Crippen LogP contribution is -2.31. The molecule has 5 rings (SSSR count). The molecule has 4 aromatic heterocycles. The van der Waals surface area contributed by atoms with Gasteiger partial charge in [-0.3, -0.25) is 0 Å². The van der Waals surface area contributed by atoms with Crippen molar-refractivity contribution in [1.29, 1.82) is 0 Å². The van der Waals surface area contributed by atoms with E-state index in [-0.39, 0.29) is 17.8 Å². The topological polar surface area (TPSA) is 80.1 Å². The second-order valence-corrected chi connectivity index (χ2v) is 7.74. The van der Waals surface area contributed by atoms with Crippen molar-refractivity contribution in [1.82, 2.24) is 24.3 Å². The van der Waals surface area contributed by atoms with E-state index < -0.39 is 18.8 Å². The Morgan fingerprint density at radius 2 is 2.06 bits per heavy atom. The summed E-state index contributed by atoms with van der Waals surface area (Å²) in [5.74, 6) is 0.0956. The second-order valence-electron chi connectivity index (χ2n) is 7.74. The normalized spacial score (nSPS) is 19.5. The Bertz CT molecular complexity index is 1200. The number of aromatic amines is 1. The third-order valence-electron chi connectivity index (χ3n) is 5.65. The molecule has 31 heavy (non-hydrogen) atoms. The molecule has 2 N–H and O–H groups in total. The number of hydrogen-bond acceptors (Lipinski definition) is 5. The summed E-state index contributed by atoms with van der Waals surface area (Å²) in [5, 5.41) is 4.10. The molecule has 4 aromatic rings. The fourth-order valence-corrected chi connectivity index (χ4v) is 4.12. The van der Waals surface area contributed by atoms with Gasteiger partial charge in [-0.25, -0.2) is 23.1 Å². The Kier molecular flexibility index (Phi) is 5.23. The summed E-state index contributed by atoms with van der Waals surface area (Å²) >= 11 is 0. The first-order valence-electron chi connectivity index (χ1n) is 10.2. The van der Waals surface area contributed by atoms with Crippen molar-refractivity contribution in [3.05, 3.63) is 42.9 Å². The third-order valence-corrected chi connectivity index (χ3v) is 5.65. The molecule has 0 aliphatic heterocycles. The summed E-state index contributed by atoms with van der Waals surface area (Å²) < 4.78 is 45.8. The molecule has 0 saturated heterocycles. The van der Waals surface area contributed by atoms with Crippen LogP contribution in [0.1, 0.15) is 25.7 Å². The predicted octanol–water partition coefficient (Wildman–Crippen LogP) is 4.42. The van der Waals surface area contributed by atoms with Crippen molar-refractivity contribution in [3.8, 4) is 11.1 Å². The zero-order chi connectivity index (χ0) is 21.4. The number of nitrogens with one attached hydrogen (secondary N) is 2. The molecule has 1 fully saturated rings. The van der Waals surface area contributed by atoms with Crippen LogP contribution in [0.2, 0.25) is 0 Å². The quantitative estimate of drug-likeness (QED) is 0.474. The van der Waals surface area contributed by atoms with Crippen LogP contribution in [0.5, 0.6) is 0 Å². The number of halogens is 3. The first-order chi connectivity index (χ1) is 15.1. The molecule has 0 bridgehead atoms. The van der Waals surface area contributed by atoms with E-state index in [1.165, 1.54) is 6.07 Å². The molecule has 0 aromatic carbocycles. The lowest BCUT2D eigenvalue weighted by atomic mass is 9.93. The van der Waals surface area contributed by atoms with Crippen molar-refractivity contribution in [2.24, 2.45) is 0 Å². The minimum Gasteiger partial charge on any atom is -0.372 e. The summed E-state index contributed by atoms with van der Waals surface area (Å²) in [4.78, 5) is 16.1. The van der Waals surface area contributed by atoms with Crippen molar-refractivity contribution in [2.45, 2.75) is 44.3 Å². The van der Waals surface area contributed by atoms with Crippen LogP contribution >= 0.6 is 0 Å². The number of ether oxygens (including phenoxy) is 1. The Balaban J connectivity index is 1.29. The van der Waals surface area contributed by atoms with Gasteiger partial charge in [-0.05, 0) is 31.7 Å². The van der Waals surface area contributed by atoms with Crippen LogP contribution in [0.25, 0.3) is 27.8 Å². The fourth-order valence-electron chi connectivity index (χ4n) is 4.12. The number of fused-ring (bicyclic) bond motifs is 2. The van der Waals surface area contributed by atoms with Crippen LogP contribution in [0.15, 0.2) is 37.1 Å². The van der Waals surface area contributed by atoms with Gasteiger partial charge in [0, 0.05) is 53.5 Å². The molecule has 7 nitrogen and oxygen atoms in total. The summed E-state index contributed by atoms with van der Waals surface area (Å²) in [6.07, 6.45) is 9.06. The van der Waals surface area contributed by atoms with Gasteiger partial charge in [-0.2, -0.15) is 4.98 Å². The van der Waals surface area contributed by atoms with Crippen LogP contribution in [-0.2, 0) is 4.74 Å². The van der Waals surface area contributed by atoms with Crippen LogP contribution < -0.4 is 5.32 Å². The summed E-state index contributed by atoms with van der Waals surface area (Å²) in [7, 11) is 0. The molecule has 0 amide bonds. The SMILES string of the molecule is Fc1cc(-c2c[nH]c3nc(NC4CCC(OCC(F)F)CC4)ncc23)cn2ccnc12. The molecule has 0 unspecified atom stereocenters. The number of aromatic nitrogens is 5. The molecule has 0 spiro atoms. The molecule has 10 heteroatoms. The van der Waals surface area contributed by atoms with Crippen molar-refractivity contribution < 1.29 is 17.9 Å². The molecular weight excluding hydrogens is 409 g/mol. The molecule has 1 aliphatic carbocycles. The van der Waals surface area contributed by atoms with Gasteiger partial charge < -0.3 is 19.4 Å². The van der Waals surface area contributed by atoms with Gasteiger partial charge in [0.1, 0.15) is 12.3 Å². The van der Waals surface area contributed by atoms with Crippen molar-refractivity contribution in [2.75, 3.05) is 11.9 Å². The molecule has 162 valence electrons. The van der Waals surface area contributed by atoms with Gasteiger partial charge in [0.2, 0.25) is 5.95 Å². The number of nitrogens with zero attached hydrogens (tertiary/aromatic N) is 4. The molecule has 0 atom stereocenters. The maximum atomic E-state index is 14.3. The molecule has 4 heterocycles. The van der Waals surface area contributed by atoms with E-state index in [1.54, 1.807) is 29.2 Å². The number of H-pyrrole nitrogens is 1. The highest BCUT2D eigenvalue weighted by Gasteiger charge is 2.23. The number of rotatable bonds is 6. The van der Waals surface area contributed by atoms with Gasteiger partial charge >= 0.3 is 0 Å². The van der Waals surface area contributed by atoms with Gasteiger partial charge in [0.05, 0.1) is 6.10 Å². The maximum Gasteiger partial charge on any atom is 0.261 e. The standard InChI is InChI=1S/C21H21F3N6O/c22-17-7-12(10-30-6-5-25-20(17)30)15-8-26-19-16(15)9-27-21(29-19)28-13-1-3-14(4-2-13)31-11-18(23)24/h5-10,13-14,18H,1-4,11H2,(H2,26,27,28,29). The number of pyridine rings is 1. The molecule has 1 aliphatic rings. The van der Waals surface area contributed by atoms with Crippen molar-refractivity contribution in [3.63, 3.8) is 0 Å². The van der Waals surface area contributed by atoms with Crippen LogP contribution in [0.3, 0.4) is 0 Å². The summed E-state index contributed by atoms with van der Waals surface area (Å²) in [6.45, 7) is -0.505. The van der Waals surface area contributed by atoms with Crippen LogP contribution in [0, 0.1) is 5.82 Å². The Hall–Kier alpha value is -3.14. The zero-order valence-corrected chi connectivity index (χ0v) is 16.6. The van der Waals surface area contributed by atoms with E-state index >= 15 is 0 Å². The lowest BCUT2D eigenvalue weighted by molar-refractivity contribution is -0.0374. The maximum absolute atomic E-state index is 14.3. The zero-order valence-electron chi connectivity index (χ0n) is 16.6. The van der Waals surface area contributed by atoms with E-state index in [9.17, 15) is 13.2 Å². The molecule has 0 radical (unpaired) electrons. The van der Waals surface area contributed by atoms with Crippen molar-refractivity contribution >= 4 is 22.6 Å². The first kappa shape index (κ1) is 19.8. The molecule has 1 saturated carbocycles. The van der Waals surface area contributed by atoms with Crippen LogP contribution in [-0.4, -0.2) is 49.5 Å². The number of alkyl halides is 2. The second kappa shape index (κ2) is 8.18. The van der Waals surface area contributed by atoms with Gasteiger partial charge in [-0.15, -0.1) is 0 Å². The first-order valence-corrected chi connectivity index (χ1v) is 10.2. The van der Waals surface area contributed by atoms with Gasteiger partial charge in [0.25, 0.3) is 6.43 Å². The third kappa shape index (κ3) is 4.07. The monoisotopic (exact) mass is 430 g/mol.